The lowest BCUT2D eigenvalue weighted by Gasteiger charge is -2.18. The van der Waals surface area contributed by atoms with E-state index in [4.69, 9.17) is 0 Å². The Balaban J connectivity index is 1.36. The van der Waals surface area contributed by atoms with Crippen molar-refractivity contribution in [3.05, 3.63) is 88.1 Å². The number of benzene rings is 2. The summed E-state index contributed by atoms with van der Waals surface area (Å²) in [7, 11) is 0. The number of anilines is 2. The van der Waals surface area contributed by atoms with Gasteiger partial charge >= 0.3 is 0 Å². The Kier molecular flexibility index (Phi) is 6.90. The molecule has 0 aliphatic carbocycles. The van der Waals surface area contributed by atoms with Gasteiger partial charge in [0.05, 0.1) is 11.8 Å². The third-order valence-electron chi connectivity index (χ3n) is 4.15. The van der Waals surface area contributed by atoms with Crippen molar-refractivity contribution in [2.75, 3.05) is 11.1 Å². The summed E-state index contributed by atoms with van der Waals surface area (Å²) in [5.41, 5.74) is 1.38. The minimum Gasteiger partial charge on any atom is -0.344 e. The number of nitrogens with zero attached hydrogens (tertiary/aromatic N) is 2. The summed E-state index contributed by atoms with van der Waals surface area (Å²) in [6, 6.07) is 15.6. The fourth-order valence-electron chi connectivity index (χ4n) is 2.77. The van der Waals surface area contributed by atoms with Crippen molar-refractivity contribution in [2.45, 2.75) is 10.4 Å². The molecule has 1 unspecified atom stereocenters. The average molecular weight is 475 g/mol. The van der Waals surface area contributed by atoms with Crippen LogP contribution in [0.4, 0.5) is 19.6 Å². The molecular weight excluding hydrogens is 458 g/mol. The lowest BCUT2D eigenvalue weighted by atomic mass is 10.1. The van der Waals surface area contributed by atoms with Crippen LogP contribution in [0.25, 0.3) is 0 Å². The molecule has 0 saturated heterocycles. The number of aromatic nitrogens is 2. The lowest BCUT2D eigenvalue weighted by Crippen LogP contribution is -2.30. The Bertz CT molecular complexity index is 1150. The summed E-state index contributed by atoms with van der Waals surface area (Å²) in [6.07, 6.45) is 0. The molecule has 0 radical (unpaired) electrons. The number of halogens is 2. The predicted octanol–water partition coefficient (Wildman–Crippen LogP) is 5.62. The zero-order valence-electron chi connectivity index (χ0n) is 15.9. The molecule has 4 rings (SSSR count). The maximum absolute atomic E-state index is 13.3. The zero-order valence-corrected chi connectivity index (χ0v) is 18.4. The van der Waals surface area contributed by atoms with Gasteiger partial charge in [-0.3, -0.25) is 4.79 Å². The number of hydrogen-bond acceptors (Lipinski definition) is 7. The van der Waals surface area contributed by atoms with Crippen LogP contribution in [-0.4, -0.2) is 21.9 Å². The van der Waals surface area contributed by atoms with E-state index in [1.807, 2.05) is 17.5 Å². The normalized spacial score (nSPS) is 11.8. The predicted molar refractivity (Wildman–Crippen MR) is 121 cm³/mol. The van der Waals surface area contributed by atoms with Gasteiger partial charge in [0.25, 0.3) is 0 Å². The molecule has 0 spiro atoms. The molecule has 1 atom stereocenters. The van der Waals surface area contributed by atoms with Gasteiger partial charge in [0, 0.05) is 10.6 Å². The fraction of sp³-hybridized carbons (Fsp3) is 0.0952. The SMILES string of the molecule is O=C(CSc1nnc(Nc2cccc(F)c2)s1)NC(c1ccc(F)cc1)c1cccs1. The Morgan fingerprint density at radius 2 is 1.87 bits per heavy atom. The van der Waals surface area contributed by atoms with E-state index in [9.17, 15) is 13.6 Å². The maximum Gasteiger partial charge on any atom is 0.231 e. The van der Waals surface area contributed by atoms with Gasteiger partial charge in [0.15, 0.2) is 4.34 Å². The van der Waals surface area contributed by atoms with Crippen molar-refractivity contribution in [2.24, 2.45) is 0 Å². The second kappa shape index (κ2) is 9.99. The van der Waals surface area contributed by atoms with Crippen LogP contribution in [0.2, 0.25) is 0 Å². The number of thioether (sulfide) groups is 1. The third-order valence-corrected chi connectivity index (χ3v) is 7.05. The molecule has 5 nitrogen and oxygen atoms in total. The number of rotatable bonds is 8. The van der Waals surface area contributed by atoms with Crippen molar-refractivity contribution in [1.82, 2.24) is 15.5 Å². The molecule has 0 aliphatic heterocycles. The highest BCUT2D eigenvalue weighted by Gasteiger charge is 2.18. The van der Waals surface area contributed by atoms with Crippen LogP contribution in [0.3, 0.4) is 0 Å². The molecule has 2 N–H and O–H groups in total. The number of nitrogens with one attached hydrogen (secondary N) is 2. The summed E-state index contributed by atoms with van der Waals surface area (Å²) in [4.78, 5) is 13.6. The van der Waals surface area contributed by atoms with Crippen LogP contribution in [0, 0.1) is 11.6 Å². The van der Waals surface area contributed by atoms with E-state index >= 15 is 0 Å². The van der Waals surface area contributed by atoms with E-state index in [1.165, 1.54) is 58.7 Å². The summed E-state index contributed by atoms with van der Waals surface area (Å²) in [5, 5.41) is 16.5. The van der Waals surface area contributed by atoms with E-state index in [-0.39, 0.29) is 29.3 Å². The number of thiophene rings is 1. The molecule has 158 valence electrons. The Morgan fingerprint density at radius 3 is 2.61 bits per heavy atom. The minimum atomic E-state index is -0.353. The van der Waals surface area contributed by atoms with E-state index in [0.717, 1.165) is 10.4 Å². The van der Waals surface area contributed by atoms with Crippen molar-refractivity contribution in [1.29, 1.82) is 0 Å². The monoisotopic (exact) mass is 474 g/mol. The summed E-state index contributed by atoms with van der Waals surface area (Å²) in [5.74, 6) is -0.697. The van der Waals surface area contributed by atoms with Crippen molar-refractivity contribution in [3.63, 3.8) is 0 Å². The van der Waals surface area contributed by atoms with Gasteiger partial charge in [-0.05, 0) is 47.3 Å². The van der Waals surface area contributed by atoms with Crippen LogP contribution in [0.15, 0.2) is 70.4 Å². The first-order valence-corrected chi connectivity index (χ1v) is 11.8. The van der Waals surface area contributed by atoms with E-state index in [0.29, 0.717) is 15.2 Å². The first-order valence-electron chi connectivity index (χ1n) is 9.14. The largest absolute Gasteiger partial charge is 0.344 e. The summed E-state index contributed by atoms with van der Waals surface area (Å²) in [6.45, 7) is 0. The first-order chi connectivity index (χ1) is 15.1. The van der Waals surface area contributed by atoms with Crippen LogP contribution >= 0.6 is 34.4 Å². The average Bonchev–Trinajstić information content (AvgIpc) is 3.44. The highest BCUT2D eigenvalue weighted by molar-refractivity contribution is 8.01. The maximum atomic E-state index is 13.3. The van der Waals surface area contributed by atoms with Crippen LogP contribution in [0.5, 0.6) is 0 Å². The molecule has 2 heterocycles. The molecule has 0 fully saturated rings. The molecule has 31 heavy (non-hydrogen) atoms. The summed E-state index contributed by atoms with van der Waals surface area (Å²) < 4.78 is 27.2. The molecule has 10 heteroatoms. The van der Waals surface area contributed by atoms with Gasteiger partial charge in [-0.2, -0.15) is 0 Å². The van der Waals surface area contributed by atoms with Gasteiger partial charge in [-0.15, -0.1) is 21.5 Å². The van der Waals surface area contributed by atoms with Gasteiger partial charge in [0.1, 0.15) is 11.6 Å². The van der Waals surface area contributed by atoms with Gasteiger partial charge in [0.2, 0.25) is 11.0 Å². The highest BCUT2D eigenvalue weighted by Crippen LogP contribution is 2.29. The van der Waals surface area contributed by atoms with E-state index < -0.39 is 0 Å². The lowest BCUT2D eigenvalue weighted by molar-refractivity contribution is -0.119. The van der Waals surface area contributed by atoms with Gasteiger partial charge in [-0.1, -0.05) is 47.4 Å². The van der Waals surface area contributed by atoms with Gasteiger partial charge in [-0.25, -0.2) is 8.78 Å². The Labute approximate surface area is 189 Å². The zero-order chi connectivity index (χ0) is 21.6. The summed E-state index contributed by atoms with van der Waals surface area (Å²) >= 11 is 4.06. The number of carbonyl (C=O) groups is 1. The van der Waals surface area contributed by atoms with E-state index in [1.54, 1.807) is 24.3 Å². The molecule has 1 amide bonds. The molecule has 0 bridgehead atoms. The fourth-order valence-corrected chi connectivity index (χ4v) is 5.15. The molecule has 0 saturated carbocycles. The third kappa shape index (κ3) is 5.87. The minimum absolute atomic E-state index is 0.150. The molecule has 2 aromatic heterocycles. The topological polar surface area (TPSA) is 66.9 Å². The van der Waals surface area contributed by atoms with Crippen LogP contribution in [-0.2, 0) is 4.79 Å². The first kappa shape index (κ1) is 21.4. The smallest absolute Gasteiger partial charge is 0.231 e. The Morgan fingerprint density at radius 1 is 1.03 bits per heavy atom. The molecular formula is C21H16F2N4OS3. The van der Waals surface area contributed by atoms with Crippen molar-refractivity contribution in [3.8, 4) is 0 Å². The molecule has 4 aromatic rings. The van der Waals surface area contributed by atoms with Crippen molar-refractivity contribution >= 4 is 51.2 Å². The van der Waals surface area contributed by atoms with Crippen LogP contribution in [0.1, 0.15) is 16.5 Å². The van der Waals surface area contributed by atoms with Crippen molar-refractivity contribution < 1.29 is 13.6 Å². The van der Waals surface area contributed by atoms with Crippen LogP contribution < -0.4 is 10.6 Å². The molecule has 2 aromatic carbocycles. The molecule has 0 aliphatic rings. The second-order valence-corrected chi connectivity index (χ2v) is 9.54. The second-order valence-electron chi connectivity index (χ2n) is 6.36. The number of hydrogen-bond donors (Lipinski definition) is 2. The highest BCUT2D eigenvalue weighted by atomic mass is 32.2. The number of amides is 1. The van der Waals surface area contributed by atoms with Gasteiger partial charge < -0.3 is 10.6 Å². The standard InChI is InChI=1S/C21H16F2N4OS3/c22-14-8-6-13(7-9-14)19(17-5-2-10-29-17)25-18(28)12-30-21-27-26-20(31-21)24-16-4-1-3-15(23)11-16/h1-11,19H,12H2,(H,24,26)(H,25,28). The van der Waals surface area contributed by atoms with E-state index in [2.05, 4.69) is 20.8 Å². The Hall–Kier alpha value is -2.82. The quantitative estimate of drug-likeness (QED) is 0.325. The number of carbonyl (C=O) groups excluding carboxylic acids is 1.